The number of hydrogen-bond acceptors (Lipinski definition) is 2. The summed E-state index contributed by atoms with van der Waals surface area (Å²) in [5, 5.41) is 6.79. The minimum absolute atomic E-state index is 0.776. The number of thiophene rings is 1. The number of hydrogen-bond donors (Lipinski definition) is 2. The fourth-order valence-corrected chi connectivity index (χ4v) is 3.56. The van der Waals surface area contributed by atoms with Crippen molar-refractivity contribution in [1.29, 1.82) is 0 Å². The number of H-pyrrole nitrogens is 1. The predicted molar refractivity (Wildman–Crippen MR) is 109 cm³/mol. The van der Waals surface area contributed by atoms with Crippen LogP contribution < -0.4 is 5.32 Å². The van der Waals surface area contributed by atoms with Crippen LogP contribution in [0.1, 0.15) is 17.5 Å². The van der Waals surface area contributed by atoms with Gasteiger partial charge in [0.2, 0.25) is 0 Å². The van der Waals surface area contributed by atoms with Crippen LogP contribution in [0.5, 0.6) is 0 Å². The van der Waals surface area contributed by atoms with Crippen molar-refractivity contribution in [2.45, 2.75) is 19.8 Å². The van der Waals surface area contributed by atoms with Crippen molar-refractivity contribution < 1.29 is 0 Å². The molecule has 132 valence electrons. The van der Waals surface area contributed by atoms with Gasteiger partial charge in [0.25, 0.3) is 0 Å². The minimum atomic E-state index is 0.776. The molecule has 0 aliphatic heterocycles. The van der Waals surface area contributed by atoms with Crippen molar-refractivity contribution >= 4 is 28.2 Å². The quantitative estimate of drug-likeness (QED) is 0.499. The van der Waals surface area contributed by atoms with E-state index < -0.39 is 0 Å². The van der Waals surface area contributed by atoms with Gasteiger partial charge in [-0.15, -0.1) is 11.3 Å². The third kappa shape index (κ3) is 4.86. The summed E-state index contributed by atoms with van der Waals surface area (Å²) in [4.78, 5) is 11.9. The van der Waals surface area contributed by atoms with Crippen molar-refractivity contribution in [2.75, 3.05) is 26.7 Å². The van der Waals surface area contributed by atoms with Crippen molar-refractivity contribution in [3.05, 3.63) is 58.4 Å². The Balaban J connectivity index is 1.57. The number of benzene rings is 1. The number of aromatic amines is 1. The molecule has 0 saturated heterocycles. The van der Waals surface area contributed by atoms with Crippen LogP contribution in [0.15, 0.2) is 52.8 Å². The summed E-state index contributed by atoms with van der Waals surface area (Å²) in [7, 11) is 2.11. The van der Waals surface area contributed by atoms with Crippen molar-refractivity contribution in [3.63, 3.8) is 0 Å². The topological polar surface area (TPSA) is 43.4 Å². The van der Waals surface area contributed by atoms with Gasteiger partial charge in [-0.05, 0) is 42.3 Å². The van der Waals surface area contributed by atoms with Crippen LogP contribution in [-0.2, 0) is 12.8 Å². The molecule has 3 rings (SSSR count). The highest BCUT2D eigenvalue weighted by Gasteiger charge is 2.06. The zero-order valence-electron chi connectivity index (χ0n) is 15.0. The normalized spacial score (nSPS) is 11.8. The molecule has 0 unspecified atom stereocenters. The van der Waals surface area contributed by atoms with E-state index in [-0.39, 0.29) is 0 Å². The molecular weight excluding hydrogens is 328 g/mol. The zero-order chi connectivity index (χ0) is 17.5. The highest BCUT2D eigenvalue weighted by Crippen LogP contribution is 2.15. The standard InChI is InChI=1S/C20H26N4S/c1-3-21-20(24(2)13-11-18-8-6-14-25-18)22-12-10-17-15-16-7-4-5-9-19(16)23-17/h4-9,14-15,23H,3,10-13H2,1-2H3,(H,21,22). The molecule has 5 heteroatoms. The number of likely N-dealkylation sites (N-methyl/N-ethyl adjacent to an activating group) is 1. The van der Waals surface area contributed by atoms with Crippen LogP contribution in [0, 0.1) is 0 Å². The van der Waals surface area contributed by atoms with Gasteiger partial charge in [0, 0.05) is 49.2 Å². The lowest BCUT2D eigenvalue weighted by molar-refractivity contribution is 0.487. The van der Waals surface area contributed by atoms with Gasteiger partial charge in [-0.3, -0.25) is 4.99 Å². The molecule has 2 heterocycles. The van der Waals surface area contributed by atoms with Crippen LogP contribution in [-0.4, -0.2) is 42.5 Å². The first-order valence-electron chi connectivity index (χ1n) is 8.84. The first-order chi connectivity index (χ1) is 12.3. The van der Waals surface area contributed by atoms with Gasteiger partial charge >= 0.3 is 0 Å². The van der Waals surface area contributed by atoms with E-state index in [4.69, 9.17) is 4.99 Å². The second-order valence-corrected chi connectivity index (χ2v) is 7.15. The van der Waals surface area contributed by atoms with Gasteiger partial charge in [0.15, 0.2) is 5.96 Å². The van der Waals surface area contributed by atoms with E-state index in [1.165, 1.54) is 21.5 Å². The Morgan fingerprint density at radius 2 is 2.08 bits per heavy atom. The van der Waals surface area contributed by atoms with E-state index >= 15 is 0 Å². The number of para-hydroxylation sites is 1. The molecule has 0 bridgehead atoms. The van der Waals surface area contributed by atoms with Crippen LogP contribution in [0.4, 0.5) is 0 Å². The Bertz CT molecular complexity index is 771. The number of guanidine groups is 1. The number of nitrogens with one attached hydrogen (secondary N) is 2. The number of nitrogens with zero attached hydrogens (tertiary/aromatic N) is 2. The lowest BCUT2D eigenvalue weighted by atomic mass is 10.2. The molecule has 25 heavy (non-hydrogen) atoms. The summed E-state index contributed by atoms with van der Waals surface area (Å²) < 4.78 is 0. The molecule has 0 atom stereocenters. The van der Waals surface area contributed by atoms with Gasteiger partial charge in [-0.2, -0.15) is 0 Å². The van der Waals surface area contributed by atoms with Gasteiger partial charge < -0.3 is 15.2 Å². The second-order valence-electron chi connectivity index (χ2n) is 6.12. The maximum atomic E-state index is 4.79. The van der Waals surface area contributed by atoms with Gasteiger partial charge in [-0.25, -0.2) is 0 Å². The summed E-state index contributed by atoms with van der Waals surface area (Å²) in [6, 6.07) is 14.9. The summed E-state index contributed by atoms with van der Waals surface area (Å²) in [6.45, 7) is 4.74. The van der Waals surface area contributed by atoms with E-state index in [2.05, 4.69) is 77.0 Å². The molecule has 0 radical (unpaired) electrons. The minimum Gasteiger partial charge on any atom is -0.358 e. The lowest BCUT2D eigenvalue weighted by Crippen LogP contribution is -2.40. The largest absolute Gasteiger partial charge is 0.358 e. The highest BCUT2D eigenvalue weighted by atomic mass is 32.1. The zero-order valence-corrected chi connectivity index (χ0v) is 15.8. The van der Waals surface area contributed by atoms with Crippen molar-refractivity contribution in [3.8, 4) is 0 Å². The first-order valence-corrected chi connectivity index (χ1v) is 9.72. The SMILES string of the molecule is CCNC(=NCCc1cc2ccccc2[nH]1)N(C)CCc1cccs1. The van der Waals surface area contributed by atoms with Crippen LogP contribution in [0.3, 0.4) is 0 Å². The van der Waals surface area contributed by atoms with Crippen LogP contribution >= 0.6 is 11.3 Å². The Morgan fingerprint density at radius 1 is 1.20 bits per heavy atom. The van der Waals surface area contributed by atoms with E-state index in [1.54, 1.807) is 0 Å². The van der Waals surface area contributed by atoms with E-state index in [1.807, 2.05) is 11.3 Å². The Labute approximate surface area is 153 Å². The molecule has 0 spiro atoms. The third-order valence-corrected chi connectivity index (χ3v) is 5.13. The van der Waals surface area contributed by atoms with Crippen molar-refractivity contribution in [2.24, 2.45) is 4.99 Å². The molecular formula is C20H26N4S. The fraction of sp³-hybridized carbons (Fsp3) is 0.350. The van der Waals surface area contributed by atoms with Gasteiger partial charge in [-0.1, -0.05) is 24.3 Å². The van der Waals surface area contributed by atoms with Crippen LogP contribution in [0.2, 0.25) is 0 Å². The van der Waals surface area contributed by atoms with Crippen molar-refractivity contribution in [1.82, 2.24) is 15.2 Å². The molecule has 0 fully saturated rings. The van der Waals surface area contributed by atoms with E-state index in [9.17, 15) is 0 Å². The smallest absolute Gasteiger partial charge is 0.193 e. The summed E-state index contributed by atoms with van der Waals surface area (Å²) in [6.07, 6.45) is 1.98. The Hall–Kier alpha value is -2.27. The molecule has 4 nitrogen and oxygen atoms in total. The molecule has 2 aromatic heterocycles. The molecule has 0 saturated carbocycles. The lowest BCUT2D eigenvalue weighted by Gasteiger charge is -2.21. The second kappa shape index (κ2) is 8.72. The molecule has 0 aliphatic rings. The maximum Gasteiger partial charge on any atom is 0.193 e. The molecule has 3 aromatic rings. The number of aromatic nitrogens is 1. The first kappa shape index (κ1) is 17.5. The fourth-order valence-electron chi connectivity index (χ4n) is 2.86. The maximum absolute atomic E-state index is 4.79. The average molecular weight is 355 g/mol. The summed E-state index contributed by atoms with van der Waals surface area (Å²) in [5.74, 6) is 0.982. The molecule has 2 N–H and O–H groups in total. The Kier molecular flexibility index (Phi) is 6.12. The number of aliphatic imine (C=N–C) groups is 1. The van der Waals surface area contributed by atoms with Crippen LogP contribution in [0.25, 0.3) is 10.9 Å². The number of fused-ring (bicyclic) bond motifs is 1. The Morgan fingerprint density at radius 3 is 2.84 bits per heavy atom. The third-order valence-electron chi connectivity index (χ3n) is 4.20. The monoisotopic (exact) mass is 354 g/mol. The molecule has 0 amide bonds. The van der Waals surface area contributed by atoms with E-state index in [0.29, 0.717) is 0 Å². The van der Waals surface area contributed by atoms with Gasteiger partial charge in [0.1, 0.15) is 0 Å². The predicted octanol–water partition coefficient (Wildman–Crippen LogP) is 3.91. The molecule has 1 aromatic carbocycles. The summed E-state index contributed by atoms with van der Waals surface area (Å²) >= 11 is 1.82. The van der Waals surface area contributed by atoms with E-state index in [0.717, 1.165) is 38.4 Å². The highest BCUT2D eigenvalue weighted by molar-refractivity contribution is 7.09. The number of rotatable bonds is 7. The molecule has 0 aliphatic carbocycles. The average Bonchev–Trinajstić information content (AvgIpc) is 3.28. The van der Waals surface area contributed by atoms with Gasteiger partial charge in [0.05, 0.1) is 0 Å². The summed E-state index contributed by atoms with van der Waals surface area (Å²) in [5.41, 5.74) is 2.43.